The predicted octanol–water partition coefficient (Wildman–Crippen LogP) is 9.24. The third kappa shape index (κ3) is 11.8. The van der Waals surface area contributed by atoms with Crippen LogP contribution in [0.4, 0.5) is 0 Å². The standard InChI is InChI=1S/C36H44O6/c1-4-6-7-8-9-10-11-12-13-26-39-31-18-14-29(15-19-31)35(37)41-33-20-16-30(17-21-33)36(38)42-34-24-22-32(23-25-34)40-27-28(3)5-2/h4,14-25,28H,1,5-13,26-27H2,2-3H3/t28-/m0/s1. The normalized spacial score (nSPS) is 11.4. The Labute approximate surface area is 250 Å². The van der Waals surface area contributed by atoms with E-state index in [1.165, 1.54) is 32.1 Å². The van der Waals surface area contributed by atoms with E-state index >= 15 is 0 Å². The van der Waals surface area contributed by atoms with E-state index in [1.807, 2.05) is 6.08 Å². The lowest BCUT2D eigenvalue weighted by Gasteiger charge is -2.11. The topological polar surface area (TPSA) is 71.1 Å². The van der Waals surface area contributed by atoms with Gasteiger partial charge < -0.3 is 18.9 Å². The van der Waals surface area contributed by atoms with Gasteiger partial charge in [-0.25, -0.2) is 9.59 Å². The maximum absolute atomic E-state index is 12.6. The molecule has 0 N–H and O–H groups in total. The van der Waals surface area contributed by atoms with Crippen molar-refractivity contribution in [2.75, 3.05) is 13.2 Å². The summed E-state index contributed by atoms with van der Waals surface area (Å²) in [6.07, 6.45) is 12.6. The molecule has 0 saturated heterocycles. The van der Waals surface area contributed by atoms with Crippen molar-refractivity contribution in [1.29, 1.82) is 0 Å². The molecule has 6 nitrogen and oxygen atoms in total. The molecule has 224 valence electrons. The Morgan fingerprint density at radius 2 is 1.07 bits per heavy atom. The molecular weight excluding hydrogens is 528 g/mol. The minimum atomic E-state index is -0.504. The summed E-state index contributed by atoms with van der Waals surface area (Å²) in [5.41, 5.74) is 0.760. The van der Waals surface area contributed by atoms with Gasteiger partial charge >= 0.3 is 11.9 Å². The first-order chi connectivity index (χ1) is 20.5. The molecule has 0 unspecified atom stereocenters. The number of allylic oxidation sites excluding steroid dienone is 1. The largest absolute Gasteiger partial charge is 0.494 e. The monoisotopic (exact) mass is 572 g/mol. The Kier molecular flexibility index (Phi) is 14.2. The van der Waals surface area contributed by atoms with Crippen LogP contribution in [-0.2, 0) is 0 Å². The summed E-state index contributed by atoms with van der Waals surface area (Å²) >= 11 is 0. The Bertz CT molecular complexity index is 1220. The summed E-state index contributed by atoms with van der Waals surface area (Å²) in [4.78, 5) is 25.1. The third-order valence-electron chi connectivity index (χ3n) is 6.98. The molecule has 6 heteroatoms. The fourth-order valence-corrected chi connectivity index (χ4v) is 4.10. The molecule has 3 aromatic rings. The molecule has 42 heavy (non-hydrogen) atoms. The summed E-state index contributed by atoms with van der Waals surface area (Å²) < 4.78 is 22.5. The van der Waals surface area contributed by atoms with E-state index < -0.39 is 11.9 Å². The zero-order chi connectivity index (χ0) is 30.0. The van der Waals surface area contributed by atoms with Crippen LogP contribution in [-0.4, -0.2) is 25.2 Å². The van der Waals surface area contributed by atoms with Crippen molar-refractivity contribution in [3.8, 4) is 23.0 Å². The van der Waals surface area contributed by atoms with Crippen LogP contribution in [0.25, 0.3) is 0 Å². The smallest absolute Gasteiger partial charge is 0.343 e. The molecule has 0 aliphatic rings. The van der Waals surface area contributed by atoms with Gasteiger partial charge in [-0.1, -0.05) is 58.4 Å². The van der Waals surface area contributed by atoms with Crippen molar-refractivity contribution in [3.05, 3.63) is 96.6 Å². The lowest BCUT2D eigenvalue weighted by molar-refractivity contribution is 0.0730. The number of carbonyl (C=O) groups excluding carboxylic acids is 2. The minimum Gasteiger partial charge on any atom is -0.494 e. The number of hydrogen-bond donors (Lipinski definition) is 0. The van der Waals surface area contributed by atoms with Crippen LogP contribution in [0.2, 0.25) is 0 Å². The number of ether oxygens (including phenoxy) is 4. The van der Waals surface area contributed by atoms with Crippen LogP contribution in [0.1, 0.15) is 92.4 Å². The number of rotatable bonds is 19. The number of hydrogen-bond acceptors (Lipinski definition) is 6. The average Bonchev–Trinajstić information content (AvgIpc) is 3.02. The zero-order valence-electron chi connectivity index (χ0n) is 25.0. The molecular formula is C36H44O6. The zero-order valence-corrected chi connectivity index (χ0v) is 25.0. The highest BCUT2D eigenvalue weighted by Gasteiger charge is 2.12. The highest BCUT2D eigenvalue weighted by molar-refractivity contribution is 5.92. The van der Waals surface area contributed by atoms with Crippen molar-refractivity contribution >= 4 is 11.9 Å². The molecule has 0 amide bonds. The van der Waals surface area contributed by atoms with E-state index in [9.17, 15) is 9.59 Å². The van der Waals surface area contributed by atoms with Gasteiger partial charge in [0.1, 0.15) is 23.0 Å². The number of unbranched alkanes of at least 4 members (excludes halogenated alkanes) is 7. The van der Waals surface area contributed by atoms with E-state index in [-0.39, 0.29) is 0 Å². The average molecular weight is 573 g/mol. The van der Waals surface area contributed by atoms with Crippen molar-refractivity contribution in [3.63, 3.8) is 0 Å². The van der Waals surface area contributed by atoms with Crippen LogP contribution in [0.5, 0.6) is 23.0 Å². The fraction of sp³-hybridized carbons (Fsp3) is 0.389. The summed E-state index contributed by atoms with van der Waals surface area (Å²) in [5.74, 6) is 1.70. The summed E-state index contributed by atoms with van der Waals surface area (Å²) in [6.45, 7) is 9.32. The van der Waals surface area contributed by atoms with E-state index in [0.717, 1.165) is 37.2 Å². The Morgan fingerprint density at radius 1 is 0.643 bits per heavy atom. The second-order valence-electron chi connectivity index (χ2n) is 10.5. The lowest BCUT2D eigenvalue weighted by atomic mass is 10.1. The molecule has 3 rings (SSSR count). The van der Waals surface area contributed by atoms with Crippen molar-refractivity contribution in [2.45, 2.75) is 71.6 Å². The summed E-state index contributed by atoms with van der Waals surface area (Å²) in [6, 6.07) is 20.2. The molecule has 0 spiro atoms. The molecule has 0 heterocycles. The first-order valence-corrected chi connectivity index (χ1v) is 15.1. The van der Waals surface area contributed by atoms with Gasteiger partial charge in [-0.3, -0.25) is 0 Å². The Morgan fingerprint density at radius 3 is 1.60 bits per heavy atom. The van der Waals surface area contributed by atoms with Crippen LogP contribution < -0.4 is 18.9 Å². The highest BCUT2D eigenvalue weighted by Crippen LogP contribution is 2.21. The maximum Gasteiger partial charge on any atom is 0.343 e. The maximum atomic E-state index is 12.6. The van der Waals surface area contributed by atoms with Gasteiger partial charge in [0.15, 0.2) is 0 Å². The first kappa shape index (κ1) is 32.5. The Balaban J connectivity index is 1.37. The lowest BCUT2D eigenvalue weighted by Crippen LogP contribution is -2.10. The highest BCUT2D eigenvalue weighted by atomic mass is 16.5. The van der Waals surface area contributed by atoms with E-state index in [2.05, 4.69) is 20.4 Å². The van der Waals surface area contributed by atoms with Gasteiger partial charge in [-0.2, -0.15) is 0 Å². The van der Waals surface area contributed by atoms with Crippen LogP contribution in [0.3, 0.4) is 0 Å². The molecule has 0 saturated carbocycles. The second-order valence-corrected chi connectivity index (χ2v) is 10.5. The van der Waals surface area contributed by atoms with Crippen LogP contribution in [0, 0.1) is 5.92 Å². The fourth-order valence-electron chi connectivity index (χ4n) is 4.10. The summed E-state index contributed by atoms with van der Waals surface area (Å²) in [7, 11) is 0. The van der Waals surface area contributed by atoms with Crippen LogP contribution in [0.15, 0.2) is 85.5 Å². The minimum absolute atomic E-state index is 0.334. The molecule has 0 radical (unpaired) electrons. The van der Waals surface area contributed by atoms with E-state index in [1.54, 1.807) is 72.8 Å². The molecule has 0 bridgehead atoms. The second kappa shape index (κ2) is 18.4. The molecule has 0 aromatic heterocycles. The van der Waals surface area contributed by atoms with Gasteiger partial charge in [0, 0.05) is 0 Å². The summed E-state index contributed by atoms with van der Waals surface area (Å²) in [5, 5.41) is 0. The van der Waals surface area contributed by atoms with Crippen molar-refractivity contribution < 1.29 is 28.5 Å². The van der Waals surface area contributed by atoms with Gasteiger partial charge in [-0.05, 0) is 98.0 Å². The van der Waals surface area contributed by atoms with E-state index in [0.29, 0.717) is 41.8 Å². The molecule has 0 aliphatic heterocycles. The van der Waals surface area contributed by atoms with Crippen molar-refractivity contribution in [1.82, 2.24) is 0 Å². The number of esters is 2. The van der Waals surface area contributed by atoms with Gasteiger partial charge in [0.05, 0.1) is 24.3 Å². The van der Waals surface area contributed by atoms with Gasteiger partial charge in [0.25, 0.3) is 0 Å². The third-order valence-corrected chi connectivity index (χ3v) is 6.98. The first-order valence-electron chi connectivity index (χ1n) is 15.1. The molecule has 3 aromatic carbocycles. The molecule has 1 atom stereocenters. The molecule has 0 fully saturated rings. The van der Waals surface area contributed by atoms with Crippen molar-refractivity contribution in [2.24, 2.45) is 5.92 Å². The number of carbonyl (C=O) groups is 2. The predicted molar refractivity (Wildman–Crippen MR) is 167 cm³/mol. The Hall–Kier alpha value is -4.06. The van der Waals surface area contributed by atoms with Crippen LogP contribution >= 0.6 is 0 Å². The van der Waals surface area contributed by atoms with Gasteiger partial charge in [0.2, 0.25) is 0 Å². The van der Waals surface area contributed by atoms with Gasteiger partial charge in [-0.15, -0.1) is 6.58 Å². The van der Waals surface area contributed by atoms with E-state index in [4.69, 9.17) is 18.9 Å². The SMILES string of the molecule is C=CCCCCCCCCCOc1ccc(C(=O)Oc2ccc(C(=O)Oc3ccc(OC[C@@H](C)CC)cc3)cc2)cc1. The quantitative estimate of drug-likeness (QED) is 0.0617. The number of benzene rings is 3. The molecule has 0 aliphatic carbocycles.